The Morgan fingerprint density at radius 1 is 0.300 bits per heavy atom. The van der Waals surface area contributed by atoms with Crippen molar-refractivity contribution in [1.29, 1.82) is 0 Å². The summed E-state index contributed by atoms with van der Waals surface area (Å²) < 4.78 is 0. The molecular weight excluding hydrogens is 339 g/mol. The first-order chi connectivity index (χ1) is 0. The molecule has 0 bridgehead atoms. The van der Waals surface area contributed by atoms with Gasteiger partial charge in [0, 0.05) is 0 Å². The van der Waals surface area contributed by atoms with Gasteiger partial charge < -0.3 is 74.4 Å². The van der Waals surface area contributed by atoms with Crippen LogP contribution in [-0.4, -0.2) is 75.5 Å². The predicted octanol–water partition coefficient (Wildman–Crippen LogP) is -24.7. The average molecular weight is 339 g/mol. The van der Waals surface area contributed by atoms with E-state index in [2.05, 4.69) is 0 Å². The minimum Gasteiger partial charge on any atom is -1.00 e. The molecule has 10 heteroatoms. The summed E-state index contributed by atoms with van der Waals surface area (Å²) in [4.78, 5) is 0. The second-order valence-corrected chi connectivity index (χ2v) is 0. The molecule has 0 heterocycles. The van der Waals surface area contributed by atoms with Crippen LogP contribution >= 0.6 is 0 Å². The average Bonchev–Trinajstić information content (AvgIpc) is 0. The van der Waals surface area contributed by atoms with Crippen molar-refractivity contribution in [1.82, 2.24) is 0 Å². The molecule has 10 heavy (non-hydrogen) atoms. The quantitative estimate of drug-likeness (QED) is 0.385. The molecule has 0 aromatic rings. The van der Waals surface area contributed by atoms with Crippen LogP contribution < -0.4 is 134 Å². The van der Waals surface area contributed by atoms with Gasteiger partial charge in [0.1, 0.15) is 0 Å². The SMILES string of the molecule is [Ca+2].[Ca+2].[Cl-].[Cl-].[Cl-].[Cl-].[Cl-].[Cl-].[Na+].[Na+]. The number of hydrogen-bond donors (Lipinski definition) is 0. The standard InChI is InChI=1S/2Ca.6ClH.2Na/h;;6*1H;;/q2*+2;;;;;;;2*+1/p-6. The Kier molecular flexibility index (Phi) is 765. The van der Waals surface area contributed by atoms with Gasteiger partial charge in [-0.25, -0.2) is 0 Å². The van der Waals surface area contributed by atoms with Crippen LogP contribution in [0.5, 0.6) is 0 Å². The Labute approximate surface area is 203 Å². The van der Waals surface area contributed by atoms with Gasteiger partial charge in [0.2, 0.25) is 0 Å². The molecule has 0 N–H and O–H groups in total. The van der Waals surface area contributed by atoms with E-state index in [4.69, 9.17) is 0 Å². The van der Waals surface area contributed by atoms with Crippen LogP contribution in [0.25, 0.3) is 0 Å². The molecule has 0 aromatic heterocycles. The van der Waals surface area contributed by atoms with E-state index in [1.807, 2.05) is 0 Å². The fourth-order valence-corrected chi connectivity index (χ4v) is 0. The van der Waals surface area contributed by atoms with Crippen LogP contribution in [-0.2, 0) is 0 Å². The van der Waals surface area contributed by atoms with Crippen LogP contribution in [0.1, 0.15) is 0 Å². The van der Waals surface area contributed by atoms with Gasteiger partial charge in [-0.2, -0.15) is 0 Å². The third kappa shape index (κ3) is 64.0. The van der Waals surface area contributed by atoms with Gasteiger partial charge >= 0.3 is 135 Å². The molecule has 48 valence electrons. The van der Waals surface area contributed by atoms with E-state index in [9.17, 15) is 0 Å². The third-order valence-electron chi connectivity index (χ3n) is 0. The number of hydrogen-bond acceptors (Lipinski definition) is 0. The monoisotopic (exact) mass is 336 g/mol. The first-order valence-electron chi connectivity index (χ1n) is 0. The zero-order chi connectivity index (χ0) is 0. The second-order valence-electron chi connectivity index (χ2n) is 0. The van der Waals surface area contributed by atoms with Crippen LogP contribution in [0.2, 0.25) is 0 Å². The molecular formula is Ca2Cl6Na2. The summed E-state index contributed by atoms with van der Waals surface area (Å²) >= 11 is 0. The second kappa shape index (κ2) is 79.2. The van der Waals surface area contributed by atoms with Crippen molar-refractivity contribution in [3.05, 3.63) is 0 Å². The molecule has 0 atom stereocenters. The van der Waals surface area contributed by atoms with Gasteiger partial charge in [-0.05, 0) is 0 Å². The van der Waals surface area contributed by atoms with Crippen molar-refractivity contribution < 1.29 is 134 Å². The Hall–Kier alpha value is 6.26. The number of rotatable bonds is 0. The summed E-state index contributed by atoms with van der Waals surface area (Å²) in [5, 5.41) is 0. The molecule has 0 rings (SSSR count). The first-order valence-corrected chi connectivity index (χ1v) is 0. The largest absolute Gasteiger partial charge is 2.00 e. The molecule has 0 aliphatic rings. The van der Waals surface area contributed by atoms with Gasteiger partial charge in [-0.1, -0.05) is 0 Å². The molecule has 0 aliphatic heterocycles. The third-order valence-corrected chi connectivity index (χ3v) is 0. The summed E-state index contributed by atoms with van der Waals surface area (Å²) in [6.45, 7) is 0. The van der Waals surface area contributed by atoms with Crippen LogP contribution in [0, 0.1) is 0 Å². The minimum absolute atomic E-state index is 0. The smallest absolute Gasteiger partial charge is 1.00 e. The van der Waals surface area contributed by atoms with Gasteiger partial charge in [0.25, 0.3) is 0 Å². The summed E-state index contributed by atoms with van der Waals surface area (Å²) in [5.41, 5.74) is 0. The van der Waals surface area contributed by atoms with Crippen molar-refractivity contribution in [2.24, 2.45) is 0 Å². The maximum Gasteiger partial charge on any atom is 2.00 e. The summed E-state index contributed by atoms with van der Waals surface area (Å²) in [6, 6.07) is 0. The van der Waals surface area contributed by atoms with E-state index in [0.717, 1.165) is 0 Å². The van der Waals surface area contributed by atoms with E-state index in [1.165, 1.54) is 0 Å². The molecule has 0 radical (unpaired) electrons. The van der Waals surface area contributed by atoms with E-state index in [1.54, 1.807) is 0 Å². The number of halogens is 6. The molecule has 0 saturated carbocycles. The van der Waals surface area contributed by atoms with Crippen molar-refractivity contribution in [2.45, 2.75) is 0 Å². The molecule has 0 saturated heterocycles. The summed E-state index contributed by atoms with van der Waals surface area (Å²) in [5.74, 6) is 0. The van der Waals surface area contributed by atoms with Gasteiger partial charge in [0.15, 0.2) is 0 Å². The Morgan fingerprint density at radius 2 is 0.300 bits per heavy atom. The molecule has 0 fully saturated rings. The predicted molar refractivity (Wildman–Crippen MR) is 11.5 cm³/mol. The Morgan fingerprint density at radius 3 is 0.300 bits per heavy atom. The van der Waals surface area contributed by atoms with E-state index >= 15 is 0 Å². The molecule has 0 aliphatic carbocycles. The van der Waals surface area contributed by atoms with Crippen LogP contribution in [0.4, 0.5) is 0 Å². The van der Waals surface area contributed by atoms with Gasteiger partial charge in [-0.15, -0.1) is 0 Å². The fraction of sp³-hybridized carbons (Fsp3) is 0. The topological polar surface area (TPSA) is 0 Å². The first kappa shape index (κ1) is 96.6. The summed E-state index contributed by atoms with van der Waals surface area (Å²) in [7, 11) is 0. The molecule has 0 aromatic carbocycles. The molecule has 0 amide bonds. The van der Waals surface area contributed by atoms with E-state index in [-0.39, 0.29) is 209 Å². The molecule has 0 nitrogen and oxygen atoms in total. The molecule has 0 spiro atoms. The van der Waals surface area contributed by atoms with E-state index < -0.39 is 0 Å². The summed E-state index contributed by atoms with van der Waals surface area (Å²) in [6.07, 6.45) is 0. The Bertz CT molecular complexity index is 13.7. The normalized spacial score (nSPS) is 0. The maximum absolute atomic E-state index is 0. The van der Waals surface area contributed by atoms with Crippen LogP contribution in [0.15, 0.2) is 0 Å². The maximum atomic E-state index is 0. The van der Waals surface area contributed by atoms with Crippen molar-refractivity contribution in [2.75, 3.05) is 0 Å². The fourth-order valence-electron chi connectivity index (χ4n) is 0. The minimum atomic E-state index is 0. The van der Waals surface area contributed by atoms with E-state index in [0.29, 0.717) is 0 Å². The van der Waals surface area contributed by atoms with Crippen molar-refractivity contribution in [3.8, 4) is 0 Å². The van der Waals surface area contributed by atoms with Crippen molar-refractivity contribution in [3.63, 3.8) is 0 Å². The molecule has 0 unspecified atom stereocenters. The van der Waals surface area contributed by atoms with Gasteiger partial charge in [0.05, 0.1) is 0 Å². The van der Waals surface area contributed by atoms with Crippen molar-refractivity contribution >= 4 is 75.5 Å². The van der Waals surface area contributed by atoms with Crippen LogP contribution in [0.3, 0.4) is 0 Å². The zero-order valence-corrected chi connectivity index (χ0v) is 18.6. The zero-order valence-electron chi connectivity index (χ0n) is 5.68. The Balaban J connectivity index is 0. The van der Waals surface area contributed by atoms with Gasteiger partial charge in [-0.3, -0.25) is 0 Å².